The van der Waals surface area contributed by atoms with Crippen molar-refractivity contribution in [1.29, 1.82) is 0 Å². The molecule has 0 radical (unpaired) electrons. The Hall–Kier alpha value is -4.25. The molecule has 0 amide bonds. The molecule has 114 heavy (non-hydrogen) atoms. The zero-order valence-electron chi connectivity index (χ0n) is 70.2. The number of carbonyl (C=O) groups is 7. The quantitative estimate of drug-likeness (QED) is 0.0307. The molecule has 12 aliphatic carbocycles. The summed E-state index contributed by atoms with van der Waals surface area (Å²) in [6, 6.07) is 0. The molecule has 0 saturated heterocycles. The number of aliphatic hydroxyl groups is 3. The molecule has 12 rings (SSSR count). The molecular formula is C86H134F6O20S2. The summed E-state index contributed by atoms with van der Waals surface area (Å²) in [7, 11) is -10.8. The molecule has 0 aliphatic heterocycles. The van der Waals surface area contributed by atoms with Crippen LogP contribution >= 0.6 is 0 Å². The van der Waals surface area contributed by atoms with Crippen LogP contribution in [0.2, 0.25) is 0 Å². The lowest BCUT2D eigenvalue weighted by molar-refractivity contribution is -0.199. The van der Waals surface area contributed by atoms with Crippen LogP contribution in [0.4, 0.5) is 26.3 Å². The van der Waals surface area contributed by atoms with Gasteiger partial charge < -0.3 is 39.4 Å². The first-order chi connectivity index (χ1) is 53.0. The topological polar surface area (TPSA) is 315 Å². The number of ketones is 2. The summed E-state index contributed by atoms with van der Waals surface area (Å²) >= 11 is 0. The fraction of sp³-hybridized carbons (Fsp3) is 0.895. The smallest absolute Gasteiger partial charge is 0.481 e. The Morgan fingerprint density at radius 1 is 0.553 bits per heavy atom. The molecule has 11 saturated carbocycles. The summed E-state index contributed by atoms with van der Waals surface area (Å²) in [5.41, 5.74) is -9.39. The van der Waals surface area contributed by atoms with Crippen molar-refractivity contribution in [2.75, 3.05) is 14.2 Å². The van der Waals surface area contributed by atoms with Crippen molar-refractivity contribution in [2.45, 2.75) is 312 Å². The molecule has 10 unspecified atom stereocenters. The number of esters is 4. The molecule has 0 spiro atoms. The van der Waals surface area contributed by atoms with Gasteiger partial charge in [-0.3, -0.25) is 33.6 Å². The Labute approximate surface area is 673 Å². The lowest BCUT2D eigenvalue weighted by Crippen LogP contribution is -2.64. The number of carbonyl (C=O) groups excluding carboxylic acids is 6. The average molecular weight is 1670 g/mol. The Morgan fingerprint density at radius 3 is 1.55 bits per heavy atom. The first kappa shape index (κ1) is 93.6. The van der Waals surface area contributed by atoms with E-state index in [-0.39, 0.29) is 118 Å². The second-order valence-electron chi connectivity index (χ2n) is 38.4. The maximum atomic E-state index is 14.2. The predicted molar refractivity (Wildman–Crippen MR) is 412 cm³/mol. The molecule has 0 aromatic heterocycles. The molecule has 0 heterocycles. The molecule has 652 valence electrons. The first-order valence-corrected chi connectivity index (χ1v) is 45.7. The number of halogens is 6. The highest BCUT2D eigenvalue weighted by Gasteiger charge is 2.70. The van der Waals surface area contributed by atoms with E-state index in [0.717, 1.165) is 128 Å². The van der Waals surface area contributed by atoms with Crippen molar-refractivity contribution >= 4 is 61.6 Å². The SMILES string of the molecule is CC[C@H]1C(=O)C2C3CCC([C@H](C)CCC(=O)OC)=C3C(C)CC2[C@@]2(C)CC[C@@H](OC(C)=O)C[C@@H]12.CC[C@H]1C(=O)C2C3CC[C@H]([C@H](C)CCC(=O)OC)[C@@]3(C)[C@@H](O)CC2[C@@]2(C)CC[C@@H](OC(C)=O)C[C@@H]12.CC[C@H]1[C@@H](O)C2C3CC[C@H]([C@H](C)CCC(=O)O)[C@@H]3[C@H](C)CC2[C@@]2(C)CC[C@@H](O)C[C@@H]12.O=S(=O)(OS(=O)(=O)C(F)(F)F)C(F)(F)F. The third kappa shape index (κ3) is 18.2. The Bertz CT molecular complexity index is 3680. The minimum atomic E-state index is -6.85. The van der Waals surface area contributed by atoms with Crippen LogP contribution in [0.1, 0.15) is 270 Å². The minimum Gasteiger partial charge on any atom is -0.481 e. The van der Waals surface area contributed by atoms with Crippen LogP contribution in [0, 0.1) is 158 Å². The lowest BCUT2D eigenvalue weighted by Gasteiger charge is -2.64. The molecule has 4 N–H and O–H groups in total. The van der Waals surface area contributed by atoms with E-state index in [4.69, 9.17) is 24.1 Å². The average Bonchev–Trinajstić information content (AvgIpc) is 1.35. The highest BCUT2D eigenvalue weighted by Crippen LogP contribution is 2.72. The van der Waals surface area contributed by atoms with Crippen molar-refractivity contribution < 1.29 is 120 Å². The molecule has 0 aromatic carbocycles. The number of allylic oxidation sites excluding steroid dienone is 2. The van der Waals surface area contributed by atoms with Crippen LogP contribution in [-0.2, 0) is 76.4 Å². The van der Waals surface area contributed by atoms with Gasteiger partial charge in [0.25, 0.3) is 0 Å². The van der Waals surface area contributed by atoms with Crippen LogP contribution in [0.25, 0.3) is 0 Å². The molecule has 28 heteroatoms. The van der Waals surface area contributed by atoms with Gasteiger partial charge in [0.05, 0.1) is 32.5 Å². The van der Waals surface area contributed by atoms with Gasteiger partial charge in [0.2, 0.25) is 0 Å². The molecule has 12 aliphatic rings. The second-order valence-corrected chi connectivity index (χ2v) is 41.7. The van der Waals surface area contributed by atoms with Gasteiger partial charge in [0.15, 0.2) is 0 Å². The molecule has 0 aromatic rings. The monoisotopic (exact) mass is 1660 g/mol. The van der Waals surface area contributed by atoms with Gasteiger partial charge in [0.1, 0.15) is 23.8 Å². The van der Waals surface area contributed by atoms with Crippen LogP contribution in [0.5, 0.6) is 0 Å². The number of hydrogen-bond acceptors (Lipinski definition) is 19. The predicted octanol–water partition coefficient (Wildman–Crippen LogP) is 16.5. The highest BCUT2D eigenvalue weighted by atomic mass is 32.3. The van der Waals surface area contributed by atoms with Crippen LogP contribution < -0.4 is 0 Å². The second kappa shape index (κ2) is 36.2. The Balaban J connectivity index is 0.000000180. The van der Waals surface area contributed by atoms with E-state index < -0.39 is 43.3 Å². The van der Waals surface area contributed by atoms with E-state index in [1.165, 1.54) is 52.9 Å². The van der Waals surface area contributed by atoms with E-state index in [2.05, 4.69) is 83.1 Å². The molecule has 11 fully saturated rings. The first-order valence-electron chi connectivity index (χ1n) is 42.9. The standard InChI is InChI=1S/C29H46O6.C29H44O5.C26H44O4.C2F6O5S2/c1-7-19-22-14-18(35-17(3)30)12-13-28(22,4)23-15-24(31)29(5)20(16(2)8-11-25(32)34-6)9-10-21(29)26(23)27(19)33;1-7-20-23-15-19(34-18(4)30)12-13-29(23,5)24-14-17(3)26-21(16(2)8-11-25(31)33-6)9-10-22(26)27(24)28(20)32;1-5-17-20-13-16(27)10-11-26(20,4)21-12-15(3)23-18(14(2)6-9-22(28)29)7-8-19(23)24(21)25(17)30;3-1(4,5)14(9,10)13-15(11,12)2(6,7)8/h16,18-24,26,31H,7-15H2,1-6H3;16-17,19-20,22-24,27H,7-15H2,1-6H3;14-21,23-25,27,30H,5-13H2,1-4H3,(H,28,29);/t16-,18-,19-,20-,21?,22+,23?,24+,26?,28+,29-;16-,17?,19-,20-,22?,23+,24?,27?,29+;14-,15-,16-,17-,18-,19?,20+,21?,23+,24?,25-,26+;/m111./s1. The van der Waals surface area contributed by atoms with Gasteiger partial charge >= 0.3 is 61.1 Å². The van der Waals surface area contributed by atoms with E-state index in [0.29, 0.717) is 126 Å². The van der Waals surface area contributed by atoms with Gasteiger partial charge in [-0.05, 0) is 276 Å². The van der Waals surface area contributed by atoms with Crippen LogP contribution in [-0.4, -0.2) is 134 Å². The van der Waals surface area contributed by atoms with Gasteiger partial charge in [-0.25, -0.2) is 0 Å². The number of hydrogen-bond donors (Lipinski definition) is 4. The van der Waals surface area contributed by atoms with Crippen molar-refractivity contribution in [1.82, 2.24) is 0 Å². The summed E-state index contributed by atoms with van der Waals surface area (Å²) in [5.74, 6) is 7.36. The number of carboxylic acid groups (broad SMARTS) is 1. The van der Waals surface area contributed by atoms with Crippen molar-refractivity contribution in [3.63, 3.8) is 0 Å². The highest BCUT2D eigenvalue weighted by molar-refractivity contribution is 8.00. The molecular weight excluding hydrogens is 1530 g/mol. The largest absolute Gasteiger partial charge is 0.524 e. The van der Waals surface area contributed by atoms with Crippen LogP contribution in [0.3, 0.4) is 0 Å². The summed E-state index contributed by atoms with van der Waals surface area (Å²) in [6.45, 7) is 30.5. The third-order valence-electron chi connectivity index (χ3n) is 33.0. The number of ether oxygens (including phenoxy) is 4. The fourth-order valence-electron chi connectivity index (χ4n) is 27.8. The van der Waals surface area contributed by atoms with Crippen molar-refractivity contribution in [3.05, 3.63) is 11.1 Å². The van der Waals surface area contributed by atoms with Gasteiger partial charge in [-0.1, -0.05) is 101 Å². The minimum absolute atomic E-state index is 0.00215. The number of carboxylic acids is 1. The van der Waals surface area contributed by atoms with E-state index >= 15 is 0 Å². The summed E-state index contributed by atoms with van der Waals surface area (Å²) < 4.78 is 131. The third-order valence-corrected chi connectivity index (χ3v) is 35.6. The molecule has 0 bridgehead atoms. The molecule has 32 atom stereocenters. The maximum Gasteiger partial charge on any atom is 0.524 e. The van der Waals surface area contributed by atoms with E-state index in [9.17, 15) is 92.1 Å². The Kier molecular flexibility index (Phi) is 29.7. The number of methoxy groups -OCH3 is 2. The number of rotatable bonds is 19. The van der Waals surface area contributed by atoms with Gasteiger partial charge in [-0.2, -0.15) is 43.2 Å². The van der Waals surface area contributed by atoms with Gasteiger partial charge in [-0.15, -0.1) is 3.63 Å². The summed E-state index contributed by atoms with van der Waals surface area (Å²) in [4.78, 5) is 86.2. The number of Topliss-reactive ketones (excluding diaryl/α,β-unsaturated/α-hetero) is 2. The number of aliphatic hydroxyl groups excluding tert-OH is 3. The zero-order valence-corrected chi connectivity index (χ0v) is 71.8. The van der Waals surface area contributed by atoms with Crippen molar-refractivity contribution in [2.24, 2.45) is 158 Å². The number of aliphatic carboxylic acids is 1. The summed E-state index contributed by atoms with van der Waals surface area (Å²) in [5, 5.41) is 43.0. The maximum absolute atomic E-state index is 14.2. The number of fused-ring (bicyclic) bond motifs is 15. The van der Waals surface area contributed by atoms with E-state index in [1.54, 1.807) is 5.57 Å². The van der Waals surface area contributed by atoms with Gasteiger partial charge in [0, 0.05) is 62.2 Å². The number of alkyl halides is 6. The molecule has 20 nitrogen and oxygen atoms in total. The van der Waals surface area contributed by atoms with Crippen molar-refractivity contribution in [3.8, 4) is 0 Å². The lowest BCUT2D eigenvalue weighted by atomic mass is 9.41. The fourth-order valence-corrected chi connectivity index (χ4v) is 29.4. The summed E-state index contributed by atoms with van der Waals surface area (Å²) in [6.07, 6.45) is 22.9. The van der Waals surface area contributed by atoms with E-state index in [1.807, 2.05) is 3.63 Å². The zero-order chi connectivity index (χ0) is 85.0. The van der Waals surface area contributed by atoms with Crippen LogP contribution in [0.15, 0.2) is 11.1 Å². The normalized spacial score (nSPS) is 41.6. The Morgan fingerprint density at radius 2 is 1.05 bits per heavy atom.